The van der Waals surface area contributed by atoms with E-state index in [9.17, 15) is 4.79 Å². The first kappa shape index (κ1) is 13.1. The van der Waals surface area contributed by atoms with Crippen molar-refractivity contribution in [2.75, 3.05) is 0 Å². The van der Waals surface area contributed by atoms with Crippen molar-refractivity contribution in [1.29, 1.82) is 0 Å². The molecule has 3 nitrogen and oxygen atoms in total. The van der Waals surface area contributed by atoms with E-state index in [1.54, 1.807) is 18.2 Å². The number of nitrogens with zero attached hydrogens (tertiary/aromatic N) is 2. The maximum atomic E-state index is 11.9. The first-order valence-corrected chi connectivity index (χ1v) is 6.66. The molecule has 0 aliphatic heterocycles. The Morgan fingerprint density at radius 1 is 1.44 bits per heavy atom. The molecule has 18 heavy (non-hydrogen) atoms. The molecule has 0 aliphatic rings. The third kappa shape index (κ3) is 2.54. The Labute approximate surface area is 115 Å². The second-order valence-corrected chi connectivity index (χ2v) is 5.72. The van der Waals surface area contributed by atoms with Crippen LogP contribution >= 0.6 is 22.9 Å². The monoisotopic (exact) mass is 280 g/mol. The summed E-state index contributed by atoms with van der Waals surface area (Å²) in [6.45, 7) is 3.91. The van der Waals surface area contributed by atoms with Gasteiger partial charge in [0.15, 0.2) is 5.78 Å². The molecule has 0 atom stereocenters. The molecule has 0 saturated heterocycles. The highest BCUT2D eigenvalue weighted by Crippen LogP contribution is 2.22. The maximum Gasteiger partial charge on any atom is 0.195 e. The molecule has 94 valence electrons. The lowest BCUT2D eigenvalue weighted by Crippen LogP contribution is -1.93. The number of hydrogen-bond donors (Lipinski definition) is 0. The first-order chi connectivity index (χ1) is 8.49. The molecular weight excluding hydrogens is 268 g/mol. The molecule has 0 aliphatic carbocycles. The molecule has 0 aromatic carbocycles. The third-order valence-electron chi connectivity index (χ3n) is 2.78. The molecule has 2 aromatic rings. The summed E-state index contributed by atoms with van der Waals surface area (Å²) in [6, 6.07) is 3.47. The van der Waals surface area contributed by atoms with Crippen molar-refractivity contribution in [1.82, 2.24) is 9.78 Å². The molecule has 0 bridgehead atoms. The number of rotatable bonds is 3. The van der Waals surface area contributed by atoms with Gasteiger partial charge in [-0.05, 0) is 38.1 Å². The lowest BCUT2D eigenvalue weighted by atomic mass is 10.1. The SMILES string of the molecule is Cc1nn(C)c(C)c1/C=C/C(=O)c1ccc(Cl)s1. The summed E-state index contributed by atoms with van der Waals surface area (Å²) in [5.74, 6) is -0.0328. The second kappa shape index (κ2) is 5.08. The van der Waals surface area contributed by atoms with E-state index in [1.807, 2.05) is 31.7 Å². The number of aromatic nitrogens is 2. The first-order valence-electron chi connectivity index (χ1n) is 5.47. The zero-order chi connectivity index (χ0) is 13.3. The molecule has 0 N–H and O–H groups in total. The van der Waals surface area contributed by atoms with Crippen LogP contribution in [0.3, 0.4) is 0 Å². The number of allylic oxidation sites excluding steroid dienone is 1. The quantitative estimate of drug-likeness (QED) is 0.635. The minimum Gasteiger partial charge on any atom is -0.288 e. The second-order valence-electron chi connectivity index (χ2n) is 4.01. The number of halogens is 1. The highest BCUT2D eigenvalue weighted by molar-refractivity contribution is 7.18. The third-order valence-corrected chi connectivity index (χ3v) is 4.03. The average Bonchev–Trinajstić information content (AvgIpc) is 2.83. The van der Waals surface area contributed by atoms with Gasteiger partial charge in [-0.3, -0.25) is 9.48 Å². The van der Waals surface area contributed by atoms with Gasteiger partial charge in [0.1, 0.15) is 0 Å². The van der Waals surface area contributed by atoms with Crippen molar-refractivity contribution in [2.24, 2.45) is 7.05 Å². The molecule has 2 heterocycles. The molecule has 0 unspecified atom stereocenters. The van der Waals surface area contributed by atoms with Gasteiger partial charge in [-0.1, -0.05) is 11.6 Å². The molecule has 0 saturated carbocycles. The average molecular weight is 281 g/mol. The number of ketones is 1. The van der Waals surface area contributed by atoms with Crippen molar-refractivity contribution in [3.05, 3.63) is 44.4 Å². The Hall–Kier alpha value is -1.39. The van der Waals surface area contributed by atoms with Crippen LogP contribution in [-0.2, 0) is 7.05 Å². The van der Waals surface area contributed by atoms with Crippen molar-refractivity contribution >= 4 is 34.8 Å². The number of hydrogen-bond acceptors (Lipinski definition) is 3. The smallest absolute Gasteiger partial charge is 0.195 e. The van der Waals surface area contributed by atoms with Crippen LogP contribution in [0.1, 0.15) is 26.6 Å². The van der Waals surface area contributed by atoms with Crippen molar-refractivity contribution in [2.45, 2.75) is 13.8 Å². The number of aryl methyl sites for hydroxylation is 2. The lowest BCUT2D eigenvalue weighted by Gasteiger charge is -1.94. The minimum absolute atomic E-state index is 0.0328. The summed E-state index contributed by atoms with van der Waals surface area (Å²) in [7, 11) is 1.89. The summed E-state index contributed by atoms with van der Waals surface area (Å²) < 4.78 is 2.43. The van der Waals surface area contributed by atoms with E-state index in [2.05, 4.69) is 5.10 Å². The molecule has 0 radical (unpaired) electrons. The van der Waals surface area contributed by atoms with Crippen LogP contribution in [0.25, 0.3) is 6.08 Å². The maximum absolute atomic E-state index is 11.9. The number of carbonyl (C=O) groups is 1. The molecule has 2 aromatic heterocycles. The van der Waals surface area contributed by atoms with Crippen LogP contribution in [0, 0.1) is 13.8 Å². The van der Waals surface area contributed by atoms with Gasteiger partial charge >= 0.3 is 0 Å². The Morgan fingerprint density at radius 2 is 2.17 bits per heavy atom. The van der Waals surface area contributed by atoms with Gasteiger partial charge < -0.3 is 0 Å². The van der Waals surface area contributed by atoms with Gasteiger partial charge in [-0.2, -0.15) is 5.10 Å². The topological polar surface area (TPSA) is 34.9 Å². The molecular formula is C13H13ClN2OS. The van der Waals surface area contributed by atoms with Gasteiger partial charge in [0.2, 0.25) is 0 Å². The van der Waals surface area contributed by atoms with Crippen LogP contribution in [0.5, 0.6) is 0 Å². The van der Waals surface area contributed by atoms with E-state index in [0.29, 0.717) is 9.21 Å². The van der Waals surface area contributed by atoms with E-state index < -0.39 is 0 Å². The largest absolute Gasteiger partial charge is 0.288 e. The van der Waals surface area contributed by atoms with E-state index in [-0.39, 0.29) is 5.78 Å². The van der Waals surface area contributed by atoms with Gasteiger partial charge in [0.25, 0.3) is 0 Å². The van der Waals surface area contributed by atoms with E-state index in [0.717, 1.165) is 17.0 Å². The standard InChI is InChI=1S/C13H13ClN2OS/c1-8-10(9(2)16(3)15-8)4-5-11(17)12-6-7-13(14)18-12/h4-7H,1-3H3/b5-4+. The van der Waals surface area contributed by atoms with Crippen LogP contribution < -0.4 is 0 Å². The minimum atomic E-state index is -0.0328. The summed E-state index contributed by atoms with van der Waals surface area (Å²) >= 11 is 7.09. The zero-order valence-electron chi connectivity index (χ0n) is 10.4. The summed E-state index contributed by atoms with van der Waals surface area (Å²) in [5, 5.41) is 4.30. The van der Waals surface area contributed by atoms with E-state index in [1.165, 1.54) is 11.3 Å². The van der Waals surface area contributed by atoms with Gasteiger partial charge in [0.05, 0.1) is 14.9 Å². The molecule has 2 rings (SSSR count). The molecule has 0 spiro atoms. The Kier molecular flexibility index (Phi) is 3.68. The van der Waals surface area contributed by atoms with Crippen molar-refractivity contribution < 1.29 is 4.79 Å². The fourth-order valence-electron chi connectivity index (χ4n) is 1.72. The molecule has 0 amide bonds. The van der Waals surface area contributed by atoms with E-state index in [4.69, 9.17) is 11.6 Å². The molecule has 0 fully saturated rings. The van der Waals surface area contributed by atoms with Crippen LogP contribution in [0.4, 0.5) is 0 Å². The van der Waals surface area contributed by atoms with Crippen LogP contribution in [0.15, 0.2) is 18.2 Å². The van der Waals surface area contributed by atoms with Gasteiger partial charge in [0, 0.05) is 18.3 Å². The predicted octanol–water partition coefficient (Wildman–Crippen LogP) is 3.65. The Morgan fingerprint density at radius 3 is 2.67 bits per heavy atom. The van der Waals surface area contributed by atoms with Gasteiger partial charge in [-0.25, -0.2) is 0 Å². The fraction of sp³-hybridized carbons (Fsp3) is 0.231. The zero-order valence-corrected chi connectivity index (χ0v) is 12.0. The number of carbonyl (C=O) groups excluding carboxylic acids is 1. The summed E-state index contributed by atoms with van der Waals surface area (Å²) in [5.41, 5.74) is 2.96. The Balaban J connectivity index is 2.23. The Bertz CT molecular complexity index is 625. The predicted molar refractivity (Wildman–Crippen MR) is 75.4 cm³/mol. The molecule has 5 heteroatoms. The lowest BCUT2D eigenvalue weighted by molar-refractivity contribution is 0.105. The van der Waals surface area contributed by atoms with Crippen molar-refractivity contribution in [3.8, 4) is 0 Å². The number of thiophene rings is 1. The van der Waals surface area contributed by atoms with E-state index >= 15 is 0 Å². The fourth-order valence-corrected chi connectivity index (χ4v) is 2.68. The summed E-state index contributed by atoms with van der Waals surface area (Å²) in [4.78, 5) is 12.5. The van der Waals surface area contributed by atoms with Gasteiger partial charge in [-0.15, -0.1) is 11.3 Å². The normalized spacial score (nSPS) is 11.3. The van der Waals surface area contributed by atoms with Crippen LogP contribution in [0.2, 0.25) is 4.34 Å². The highest BCUT2D eigenvalue weighted by atomic mass is 35.5. The summed E-state index contributed by atoms with van der Waals surface area (Å²) in [6.07, 6.45) is 3.38. The highest BCUT2D eigenvalue weighted by Gasteiger charge is 2.08. The van der Waals surface area contributed by atoms with Crippen LogP contribution in [-0.4, -0.2) is 15.6 Å². The van der Waals surface area contributed by atoms with Crippen molar-refractivity contribution in [3.63, 3.8) is 0 Å².